The van der Waals surface area contributed by atoms with Crippen LogP contribution in [0.5, 0.6) is 0 Å². The van der Waals surface area contributed by atoms with E-state index in [0.29, 0.717) is 10.0 Å². The second-order valence-electron chi connectivity index (χ2n) is 3.90. The summed E-state index contributed by atoms with van der Waals surface area (Å²) in [5.74, 6) is -0.875. The van der Waals surface area contributed by atoms with Gasteiger partial charge in [0.25, 0.3) is 0 Å². The van der Waals surface area contributed by atoms with Crippen molar-refractivity contribution in [1.82, 2.24) is 0 Å². The molecule has 1 aromatic rings. The maximum Gasteiger partial charge on any atom is 0.313 e. The lowest BCUT2D eigenvalue weighted by atomic mass is 9.84. The van der Waals surface area contributed by atoms with E-state index in [2.05, 4.69) is 15.9 Å². The number of halogens is 1. The van der Waals surface area contributed by atoms with Crippen molar-refractivity contribution < 1.29 is 15.0 Å². The molecule has 0 saturated heterocycles. The molecule has 4 heteroatoms. The van der Waals surface area contributed by atoms with E-state index in [4.69, 9.17) is 10.2 Å². The molecule has 0 heterocycles. The highest BCUT2D eigenvalue weighted by Gasteiger charge is 2.31. The van der Waals surface area contributed by atoms with Crippen LogP contribution in [0.15, 0.2) is 22.7 Å². The van der Waals surface area contributed by atoms with Crippen LogP contribution < -0.4 is 0 Å². The van der Waals surface area contributed by atoms with Crippen molar-refractivity contribution in [1.29, 1.82) is 0 Å². The minimum absolute atomic E-state index is 0.0492. The van der Waals surface area contributed by atoms with Crippen LogP contribution in [0.4, 0.5) is 0 Å². The van der Waals surface area contributed by atoms with Crippen LogP contribution in [0, 0.1) is 0 Å². The zero-order chi connectivity index (χ0) is 11.6. The molecule has 0 atom stereocenters. The maximum atomic E-state index is 11.1. The van der Waals surface area contributed by atoms with Gasteiger partial charge >= 0.3 is 5.97 Å². The third kappa shape index (κ3) is 2.38. The number of benzene rings is 1. The normalized spacial score (nSPS) is 11.5. The number of hydrogen-bond donors (Lipinski definition) is 2. The second kappa shape index (κ2) is 4.33. The van der Waals surface area contributed by atoms with Gasteiger partial charge in [0.2, 0.25) is 0 Å². The average molecular weight is 273 g/mol. The van der Waals surface area contributed by atoms with Crippen molar-refractivity contribution in [3.8, 4) is 0 Å². The van der Waals surface area contributed by atoms with Gasteiger partial charge in [-0.25, -0.2) is 0 Å². The van der Waals surface area contributed by atoms with E-state index in [0.717, 1.165) is 5.56 Å². The quantitative estimate of drug-likeness (QED) is 0.888. The lowest BCUT2D eigenvalue weighted by Gasteiger charge is -2.21. The molecule has 0 unspecified atom stereocenters. The predicted octanol–water partition coefficient (Wildman–Crippen LogP) is 2.30. The molecule has 0 radical (unpaired) electrons. The Labute approximate surface area is 96.9 Å². The standard InChI is InChI=1S/C11H13BrO3/c1-11(2,10(14)15)8-4-3-7(6-13)5-9(8)12/h3-5,13H,6H2,1-2H3,(H,14,15). The Hall–Kier alpha value is -0.870. The third-order valence-electron chi connectivity index (χ3n) is 2.42. The Morgan fingerprint density at radius 1 is 1.47 bits per heavy atom. The van der Waals surface area contributed by atoms with Crippen LogP contribution in [-0.2, 0) is 16.8 Å². The maximum absolute atomic E-state index is 11.1. The average Bonchev–Trinajstić information content (AvgIpc) is 2.16. The molecule has 0 aliphatic rings. The highest BCUT2D eigenvalue weighted by molar-refractivity contribution is 9.10. The monoisotopic (exact) mass is 272 g/mol. The molecule has 0 aliphatic carbocycles. The summed E-state index contributed by atoms with van der Waals surface area (Å²) in [4.78, 5) is 11.1. The smallest absolute Gasteiger partial charge is 0.313 e. The third-order valence-corrected chi connectivity index (χ3v) is 3.08. The van der Waals surface area contributed by atoms with E-state index in [-0.39, 0.29) is 6.61 Å². The molecule has 0 aromatic heterocycles. The van der Waals surface area contributed by atoms with Gasteiger partial charge in [-0.05, 0) is 31.0 Å². The van der Waals surface area contributed by atoms with E-state index in [9.17, 15) is 4.79 Å². The number of carbonyl (C=O) groups is 1. The van der Waals surface area contributed by atoms with Gasteiger partial charge in [-0.1, -0.05) is 28.1 Å². The van der Waals surface area contributed by atoms with Crippen molar-refractivity contribution in [2.24, 2.45) is 0 Å². The van der Waals surface area contributed by atoms with Crippen molar-refractivity contribution in [3.05, 3.63) is 33.8 Å². The zero-order valence-corrected chi connectivity index (χ0v) is 10.2. The summed E-state index contributed by atoms with van der Waals surface area (Å²) in [6.45, 7) is 3.24. The first kappa shape index (κ1) is 12.2. The van der Waals surface area contributed by atoms with Crippen LogP contribution >= 0.6 is 15.9 Å². The van der Waals surface area contributed by atoms with Gasteiger partial charge in [-0.2, -0.15) is 0 Å². The fourth-order valence-corrected chi connectivity index (χ4v) is 2.20. The first-order chi connectivity index (χ1) is 6.89. The van der Waals surface area contributed by atoms with Crippen LogP contribution in [-0.4, -0.2) is 16.2 Å². The fourth-order valence-electron chi connectivity index (χ4n) is 1.28. The van der Waals surface area contributed by atoms with Crippen molar-refractivity contribution in [2.75, 3.05) is 0 Å². The summed E-state index contributed by atoms with van der Waals surface area (Å²) < 4.78 is 0.710. The molecule has 1 aromatic carbocycles. The molecule has 82 valence electrons. The molecule has 0 spiro atoms. The number of carboxylic acid groups (broad SMARTS) is 1. The highest BCUT2D eigenvalue weighted by Crippen LogP contribution is 2.31. The summed E-state index contributed by atoms with van der Waals surface area (Å²) in [5.41, 5.74) is 0.520. The lowest BCUT2D eigenvalue weighted by Crippen LogP contribution is -2.28. The summed E-state index contributed by atoms with van der Waals surface area (Å²) in [5, 5.41) is 18.0. The van der Waals surface area contributed by atoms with E-state index >= 15 is 0 Å². The molecule has 1 rings (SSSR count). The Balaban J connectivity index is 3.22. The van der Waals surface area contributed by atoms with Crippen molar-refractivity contribution in [2.45, 2.75) is 25.9 Å². The van der Waals surface area contributed by atoms with Gasteiger partial charge in [0, 0.05) is 4.47 Å². The van der Waals surface area contributed by atoms with Gasteiger partial charge in [0.15, 0.2) is 0 Å². The van der Waals surface area contributed by atoms with E-state index in [1.165, 1.54) is 0 Å². The van der Waals surface area contributed by atoms with Crippen LogP contribution in [0.3, 0.4) is 0 Å². The molecule has 3 nitrogen and oxygen atoms in total. The number of aliphatic carboxylic acids is 1. The Morgan fingerprint density at radius 3 is 2.47 bits per heavy atom. The van der Waals surface area contributed by atoms with Gasteiger partial charge in [0.05, 0.1) is 12.0 Å². The van der Waals surface area contributed by atoms with E-state index in [1.54, 1.807) is 32.0 Å². The second-order valence-corrected chi connectivity index (χ2v) is 4.76. The largest absolute Gasteiger partial charge is 0.481 e. The SMILES string of the molecule is CC(C)(C(=O)O)c1ccc(CO)cc1Br. The molecular formula is C11H13BrO3. The first-order valence-corrected chi connectivity index (χ1v) is 5.32. The Morgan fingerprint density at radius 2 is 2.07 bits per heavy atom. The van der Waals surface area contributed by atoms with Crippen LogP contribution in [0.2, 0.25) is 0 Å². The highest BCUT2D eigenvalue weighted by atomic mass is 79.9. The van der Waals surface area contributed by atoms with Crippen LogP contribution in [0.25, 0.3) is 0 Å². The van der Waals surface area contributed by atoms with Crippen molar-refractivity contribution in [3.63, 3.8) is 0 Å². The minimum atomic E-state index is -0.938. The molecular weight excluding hydrogens is 260 g/mol. The summed E-state index contributed by atoms with van der Waals surface area (Å²) in [6.07, 6.45) is 0. The van der Waals surface area contributed by atoms with Gasteiger partial charge in [-0.3, -0.25) is 4.79 Å². The molecule has 2 N–H and O–H groups in total. The zero-order valence-electron chi connectivity index (χ0n) is 8.62. The molecule has 0 amide bonds. The van der Waals surface area contributed by atoms with Gasteiger partial charge < -0.3 is 10.2 Å². The molecule has 15 heavy (non-hydrogen) atoms. The van der Waals surface area contributed by atoms with Gasteiger partial charge in [-0.15, -0.1) is 0 Å². The van der Waals surface area contributed by atoms with Crippen LogP contribution in [0.1, 0.15) is 25.0 Å². The van der Waals surface area contributed by atoms with E-state index in [1.807, 2.05) is 0 Å². The number of aliphatic hydroxyl groups excluding tert-OH is 1. The summed E-state index contributed by atoms with van der Waals surface area (Å²) in [7, 11) is 0. The lowest BCUT2D eigenvalue weighted by molar-refractivity contribution is -0.142. The Bertz CT molecular complexity index is 385. The van der Waals surface area contributed by atoms with Crippen molar-refractivity contribution >= 4 is 21.9 Å². The molecule has 0 fully saturated rings. The first-order valence-electron chi connectivity index (χ1n) is 4.52. The predicted molar refractivity (Wildman–Crippen MR) is 60.7 cm³/mol. The van der Waals surface area contributed by atoms with E-state index < -0.39 is 11.4 Å². The summed E-state index contributed by atoms with van der Waals surface area (Å²) >= 11 is 3.32. The molecule has 0 saturated carbocycles. The summed E-state index contributed by atoms with van der Waals surface area (Å²) in [6, 6.07) is 5.19. The number of hydrogen-bond acceptors (Lipinski definition) is 2. The number of carboxylic acids is 1. The molecule has 0 bridgehead atoms. The number of rotatable bonds is 3. The molecule has 0 aliphatic heterocycles. The fraction of sp³-hybridized carbons (Fsp3) is 0.364. The number of aliphatic hydroxyl groups is 1. The topological polar surface area (TPSA) is 57.5 Å². The Kier molecular flexibility index (Phi) is 3.52. The van der Waals surface area contributed by atoms with Gasteiger partial charge in [0.1, 0.15) is 0 Å². The minimum Gasteiger partial charge on any atom is -0.481 e.